The average Bonchev–Trinajstić information content (AvgIpc) is 2.40. The molecule has 1 rings (SSSR count). The van der Waals surface area contributed by atoms with Gasteiger partial charge in [-0.1, -0.05) is 0 Å². The summed E-state index contributed by atoms with van der Waals surface area (Å²) in [6.45, 7) is 1.54. The minimum absolute atomic E-state index is 0.0173. The van der Waals surface area contributed by atoms with E-state index >= 15 is 0 Å². The molecule has 1 aromatic rings. The zero-order chi connectivity index (χ0) is 14.6. The second-order valence-electron chi connectivity index (χ2n) is 3.51. The van der Waals surface area contributed by atoms with Gasteiger partial charge >= 0.3 is 11.9 Å². The molecule has 7 heteroatoms. The van der Waals surface area contributed by atoms with E-state index in [1.807, 2.05) is 0 Å². The highest BCUT2D eigenvalue weighted by Gasteiger charge is 2.24. The van der Waals surface area contributed by atoms with Crippen molar-refractivity contribution in [3.63, 3.8) is 0 Å². The van der Waals surface area contributed by atoms with Crippen LogP contribution in [0.5, 0.6) is 0 Å². The number of carbonyl (C=O) groups is 2. The third-order valence-corrected chi connectivity index (χ3v) is 2.28. The first-order valence-electron chi connectivity index (χ1n) is 5.34. The maximum atomic E-state index is 13.4. The molecule has 0 spiro atoms. The number of aliphatic hydroxyl groups is 1. The van der Waals surface area contributed by atoms with Gasteiger partial charge in [-0.2, -0.15) is 0 Å². The Hall–Kier alpha value is -2.02. The Bertz CT molecular complexity index is 501. The predicted molar refractivity (Wildman–Crippen MR) is 59.3 cm³/mol. The highest BCUT2D eigenvalue weighted by molar-refractivity contribution is 5.90. The Labute approximate surface area is 107 Å². The van der Waals surface area contributed by atoms with Gasteiger partial charge in [0.1, 0.15) is 0 Å². The molecule has 0 saturated heterocycles. The molecule has 0 saturated carbocycles. The van der Waals surface area contributed by atoms with Crippen LogP contribution in [0.15, 0.2) is 12.1 Å². The van der Waals surface area contributed by atoms with E-state index in [0.717, 1.165) is 13.2 Å². The molecule has 0 amide bonds. The molecule has 19 heavy (non-hydrogen) atoms. The second kappa shape index (κ2) is 6.24. The number of hydrogen-bond acceptors (Lipinski definition) is 5. The number of ether oxygens (including phenoxy) is 2. The summed E-state index contributed by atoms with van der Waals surface area (Å²) >= 11 is 0. The van der Waals surface area contributed by atoms with Crippen LogP contribution in [0.4, 0.5) is 8.78 Å². The van der Waals surface area contributed by atoms with E-state index in [1.54, 1.807) is 0 Å². The Kier molecular flexibility index (Phi) is 4.94. The second-order valence-corrected chi connectivity index (χ2v) is 3.51. The van der Waals surface area contributed by atoms with Gasteiger partial charge in [-0.25, -0.2) is 18.4 Å². The third kappa shape index (κ3) is 3.25. The largest absolute Gasteiger partial charge is 0.465 e. The van der Waals surface area contributed by atoms with Crippen molar-refractivity contribution in [3.8, 4) is 0 Å². The van der Waals surface area contributed by atoms with Crippen molar-refractivity contribution in [2.45, 2.75) is 13.0 Å². The normalized spacial score (nSPS) is 11.8. The van der Waals surface area contributed by atoms with Crippen molar-refractivity contribution in [3.05, 3.63) is 34.9 Å². The standard InChI is InChI=1S/C12H12F2O5/c1-3-19-12(17)10(15)6-4-7(11(16)18-2)9(14)8(13)5-6/h4-5,10,15H,3H2,1-2H3. The summed E-state index contributed by atoms with van der Waals surface area (Å²) in [5, 5.41) is 9.60. The zero-order valence-electron chi connectivity index (χ0n) is 10.3. The first kappa shape index (κ1) is 15.0. The van der Waals surface area contributed by atoms with E-state index < -0.39 is 35.2 Å². The molecule has 1 N–H and O–H groups in total. The van der Waals surface area contributed by atoms with Crippen molar-refractivity contribution in [2.75, 3.05) is 13.7 Å². The summed E-state index contributed by atoms with van der Waals surface area (Å²) in [7, 11) is 0.994. The molecule has 0 aliphatic carbocycles. The fourth-order valence-electron chi connectivity index (χ4n) is 1.38. The SMILES string of the molecule is CCOC(=O)C(O)c1cc(F)c(F)c(C(=O)OC)c1. The van der Waals surface area contributed by atoms with Crippen molar-refractivity contribution in [1.82, 2.24) is 0 Å². The highest BCUT2D eigenvalue weighted by atomic mass is 19.2. The van der Waals surface area contributed by atoms with Gasteiger partial charge in [0, 0.05) is 0 Å². The quantitative estimate of drug-likeness (QED) is 0.839. The van der Waals surface area contributed by atoms with Gasteiger partial charge in [-0.05, 0) is 24.6 Å². The molecule has 0 aliphatic heterocycles. The smallest absolute Gasteiger partial charge is 0.340 e. The van der Waals surface area contributed by atoms with Crippen LogP contribution in [0.3, 0.4) is 0 Å². The van der Waals surface area contributed by atoms with Crippen LogP contribution in [0.1, 0.15) is 28.9 Å². The van der Waals surface area contributed by atoms with E-state index in [9.17, 15) is 23.5 Å². The molecule has 1 atom stereocenters. The first-order valence-corrected chi connectivity index (χ1v) is 5.34. The molecule has 104 valence electrons. The van der Waals surface area contributed by atoms with Gasteiger partial charge in [0.25, 0.3) is 0 Å². The molecule has 0 aliphatic rings. The molecule has 0 aromatic heterocycles. The molecule has 1 aromatic carbocycles. The van der Waals surface area contributed by atoms with E-state index in [1.165, 1.54) is 6.92 Å². The lowest BCUT2D eigenvalue weighted by Crippen LogP contribution is -2.17. The third-order valence-electron chi connectivity index (χ3n) is 2.28. The van der Waals surface area contributed by atoms with E-state index in [0.29, 0.717) is 6.07 Å². The first-order chi connectivity index (χ1) is 8.92. The fraction of sp³-hybridized carbons (Fsp3) is 0.333. The number of benzene rings is 1. The molecule has 5 nitrogen and oxygen atoms in total. The van der Waals surface area contributed by atoms with Crippen LogP contribution >= 0.6 is 0 Å². The summed E-state index contributed by atoms with van der Waals surface area (Å²) < 4.78 is 35.5. The number of hydrogen-bond donors (Lipinski definition) is 1. The Morgan fingerprint density at radius 2 is 2.00 bits per heavy atom. The lowest BCUT2D eigenvalue weighted by Gasteiger charge is -2.11. The minimum atomic E-state index is -1.81. The van der Waals surface area contributed by atoms with Gasteiger partial charge in [0.15, 0.2) is 17.7 Å². The summed E-state index contributed by atoms with van der Waals surface area (Å²) in [5.74, 6) is -4.92. The molecule has 0 radical (unpaired) electrons. The topological polar surface area (TPSA) is 72.8 Å². The van der Waals surface area contributed by atoms with Gasteiger partial charge in [-0.3, -0.25) is 0 Å². The van der Waals surface area contributed by atoms with Crippen LogP contribution in [-0.2, 0) is 14.3 Å². The van der Waals surface area contributed by atoms with Crippen molar-refractivity contribution in [2.24, 2.45) is 0 Å². The molecule has 1 unspecified atom stereocenters. The number of halogens is 2. The molecule has 0 heterocycles. The number of methoxy groups -OCH3 is 1. The van der Waals surface area contributed by atoms with Gasteiger partial charge in [0.05, 0.1) is 19.3 Å². The van der Waals surface area contributed by atoms with Gasteiger partial charge in [0.2, 0.25) is 0 Å². The predicted octanol–water partition coefficient (Wildman–Crippen LogP) is 1.35. The van der Waals surface area contributed by atoms with Crippen molar-refractivity contribution >= 4 is 11.9 Å². The van der Waals surface area contributed by atoms with E-state index in [-0.39, 0.29) is 12.2 Å². The average molecular weight is 274 g/mol. The summed E-state index contributed by atoms with van der Waals surface area (Å²) in [5.41, 5.74) is -1.00. The number of carbonyl (C=O) groups excluding carboxylic acids is 2. The molecule has 0 fully saturated rings. The van der Waals surface area contributed by atoms with Crippen LogP contribution in [0, 0.1) is 11.6 Å². The van der Waals surface area contributed by atoms with Gasteiger partial charge < -0.3 is 14.6 Å². The van der Waals surface area contributed by atoms with Crippen molar-refractivity contribution in [1.29, 1.82) is 0 Å². The maximum absolute atomic E-state index is 13.4. The number of rotatable bonds is 4. The van der Waals surface area contributed by atoms with Crippen LogP contribution in [0.2, 0.25) is 0 Å². The maximum Gasteiger partial charge on any atom is 0.340 e. The minimum Gasteiger partial charge on any atom is -0.465 e. The van der Waals surface area contributed by atoms with Crippen LogP contribution < -0.4 is 0 Å². The lowest BCUT2D eigenvalue weighted by atomic mass is 10.0. The molecule has 0 bridgehead atoms. The molecular weight excluding hydrogens is 262 g/mol. The van der Waals surface area contributed by atoms with E-state index in [2.05, 4.69) is 9.47 Å². The lowest BCUT2D eigenvalue weighted by molar-refractivity contribution is -0.153. The summed E-state index contributed by atoms with van der Waals surface area (Å²) in [4.78, 5) is 22.5. The van der Waals surface area contributed by atoms with Crippen LogP contribution in [0.25, 0.3) is 0 Å². The Balaban J connectivity index is 3.20. The zero-order valence-corrected chi connectivity index (χ0v) is 10.3. The molecular formula is C12H12F2O5. The summed E-state index contributed by atoms with van der Waals surface area (Å²) in [6, 6.07) is 1.45. The van der Waals surface area contributed by atoms with E-state index in [4.69, 9.17) is 0 Å². The number of aliphatic hydroxyl groups excluding tert-OH is 1. The summed E-state index contributed by atoms with van der Waals surface area (Å²) in [6.07, 6.45) is -1.81. The Morgan fingerprint density at radius 3 is 2.53 bits per heavy atom. The fourth-order valence-corrected chi connectivity index (χ4v) is 1.38. The van der Waals surface area contributed by atoms with Crippen molar-refractivity contribution < 1.29 is 33.0 Å². The van der Waals surface area contributed by atoms with Crippen LogP contribution in [-0.4, -0.2) is 30.8 Å². The monoisotopic (exact) mass is 274 g/mol. The van der Waals surface area contributed by atoms with Gasteiger partial charge in [-0.15, -0.1) is 0 Å². The number of esters is 2. The Morgan fingerprint density at radius 1 is 1.37 bits per heavy atom. The highest BCUT2D eigenvalue weighted by Crippen LogP contribution is 2.22.